The lowest BCUT2D eigenvalue weighted by atomic mass is 9.97. The highest BCUT2D eigenvalue weighted by Gasteiger charge is 2.49. The smallest absolute Gasteiger partial charge is 0.0918 e. The highest BCUT2D eigenvalue weighted by atomic mass is 16.6. The average molecular weight is 261 g/mol. The molecule has 0 aromatic heterocycles. The van der Waals surface area contributed by atoms with Gasteiger partial charge in [-0.1, -0.05) is 31.1 Å². The van der Waals surface area contributed by atoms with Gasteiger partial charge in [-0.3, -0.25) is 0 Å². The highest BCUT2D eigenvalue weighted by Crippen LogP contribution is 2.42. The minimum Gasteiger partial charge on any atom is -0.366 e. The molecule has 106 valence electrons. The van der Waals surface area contributed by atoms with E-state index in [1.165, 1.54) is 11.1 Å². The first-order valence-electron chi connectivity index (χ1n) is 7.46. The highest BCUT2D eigenvalue weighted by molar-refractivity contribution is 5.12. The molecule has 1 aliphatic rings. The zero-order valence-corrected chi connectivity index (χ0v) is 12.8. The second kappa shape index (κ2) is 7.50. The zero-order valence-electron chi connectivity index (χ0n) is 12.8. The summed E-state index contributed by atoms with van der Waals surface area (Å²) in [6, 6.07) is 2.08. The summed E-state index contributed by atoms with van der Waals surface area (Å²) >= 11 is 0. The van der Waals surface area contributed by atoms with Crippen LogP contribution >= 0.6 is 0 Å². The van der Waals surface area contributed by atoms with E-state index in [9.17, 15) is 0 Å². The van der Waals surface area contributed by atoms with Crippen LogP contribution in [0.4, 0.5) is 0 Å². The van der Waals surface area contributed by atoms with Gasteiger partial charge in [0, 0.05) is 6.08 Å². The topological polar surface area (TPSA) is 36.3 Å². The molecule has 0 radical (unpaired) electrons. The van der Waals surface area contributed by atoms with Crippen molar-refractivity contribution in [1.82, 2.24) is 0 Å². The maximum Gasteiger partial charge on any atom is 0.0918 e. The molecule has 0 amide bonds. The Hall–Kier alpha value is -1.07. The van der Waals surface area contributed by atoms with Gasteiger partial charge in [0.25, 0.3) is 0 Å². The number of rotatable bonds is 8. The van der Waals surface area contributed by atoms with Crippen molar-refractivity contribution in [3.63, 3.8) is 0 Å². The van der Waals surface area contributed by atoms with Gasteiger partial charge in [-0.2, -0.15) is 5.26 Å². The van der Waals surface area contributed by atoms with Crippen LogP contribution in [0.15, 0.2) is 23.3 Å². The van der Waals surface area contributed by atoms with E-state index in [0.29, 0.717) is 6.10 Å². The molecule has 1 aliphatic heterocycles. The fourth-order valence-corrected chi connectivity index (χ4v) is 2.39. The summed E-state index contributed by atoms with van der Waals surface area (Å²) in [6.45, 7) is 8.65. The summed E-state index contributed by atoms with van der Waals surface area (Å²) in [5.74, 6) is 0. The molecule has 2 heteroatoms. The number of hydrogen-bond donors (Lipinski definition) is 0. The third kappa shape index (κ3) is 5.20. The number of hydrogen-bond acceptors (Lipinski definition) is 2. The van der Waals surface area contributed by atoms with Gasteiger partial charge in [0.05, 0.1) is 17.8 Å². The molecule has 0 aromatic carbocycles. The second-order valence-corrected chi connectivity index (χ2v) is 5.69. The summed E-state index contributed by atoms with van der Waals surface area (Å²) in [5.41, 5.74) is 2.85. The first-order valence-corrected chi connectivity index (χ1v) is 7.46. The van der Waals surface area contributed by atoms with Crippen molar-refractivity contribution in [2.24, 2.45) is 0 Å². The number of allylic oxidation sites excluding steroid dienone is 4. The summed E-state index contributed by atoms with van der Waals surface area (Å²) in [4.78, 5) is 0. The van der Waals surface area contributed by atoms with Gasteiger partial charge in [0.1, 0.15) is 0 Å². The van der Waals surface area contributed by atoms with Gasteiger partial charge in [-0.15, -0.1) is 0 Å². The Bertz CT molecular complexity index is 389. The molecule has 2 unspecified atom stereocenters. The standard InChI is InChI=1S/C17H27NO/c1-5-15(9-7-8-14(3)12-13-18)10-11-16-17(4,6-2)19-16/h9,12,16H,5-8,10-11H2,1-4H3. The van der Waals surface area contributed by atoms with Crippen LogP contribution in [0.1, 0.15) is 66.2 Å². The molecule has 19 heavy (non-hydrogen) atoms. The van der Waals surface area contributed by atoms with Gasteiger partial charge in [0.2, 0.25) is 0 Å². The van der Waals surface area contributed by atoms with Crippen LogP contribution < -0.4 is 0 Å². The Morgan fingerprint density at radius 2 is 2.11 bits per heavy atom. The van der Waals surface area contributed by atoms with Crippen molar-refractivity contribution in [2.45, 2.75) is 77.9 Å². The van der Waals surface area contributed by atoms with Crippen molar-refractivity contribution in [1.29, 1.82) is 5.26 Å². The molecule has 1 saturated heterocycles. The predicted octanol–water partition coefficient (Wildman–Crippen LogP) is 4.92. The second-order valence-electron chi connectivity index (χ2n) is 5.69. The zero-order chi connectivity index (χ0) is 14.3. The molecule has 0 saturated carbocycles. The molecular formula is C17H27NO. The molecule has 0 N–H and O–H groups in total. The van der Waals surface area contributed by atoms with Gasteiger partial charge < -0.3 is 4.74 Å². The Kier molecular flexibility index (Phi) is 6.31. The van der Waals surface area contributed by atoms with Crippen LogP contribution in [-0.2, 0) is 4.74 Å². The minimum atomic E-state index is 0.158. The van der Waals surface area contributed by atoms with E-state index in [4.69, 9.17) is 10.00 Å². The van der Waals surface area contributed by atoms with E-state index in [1.807, 2.05) is 6.92 Å². The normalized spacial score (nSPS) is 27.2. The Balaban J connectivity index is 2.30. The number of nitriles is 1. The summed E-state index contributed by atoms with van der Waals surface area (Å²) in [5, 5.41) is 8.56. The maximum atomic E-state index is 8.56. The lowest BCUT2D eigenvalue weighted by Gasteiger charge is -2.05. The van der Waals surface area contributed by atoms with Crippen molar-refractivity contribution in [2.75, 3.05) is 0 Å². The first-order chi connectivity index (χ1) is 9.05. The van der Waals surface area contributed by atoms with Crippen molar-refractivity contribution in [3.8, 4) is 6.07 Å². The lowest BCUT2D eigenvalue weighted by Crippen LogP contribution is -2.07. The molecule has 0 spiro atoms. The van der Waals surface area contributed by atoms with Crippen LogP contribution in [0.5, 0.6) is 0 Å². The molecule has 1 rings (SSSR count). The van der Waals surface area contributed by atoms with E-state index in [2.05, 4.69) is 32.9 Å². The van der Waals surface area contributed by atoms with Gasteiger partial charge >= 0.3 is 0 Å². The molecule has 1 fully saturated rings. The van der Waals surface area contributed by atoms with E-state index in [1.54, 1.807) is 6.08 Å². The van der Waals surface area contributed by atoms with Gasteiger partial charge in [0.15, 0.2) is 0 Å². The van der Waals surface area contributed by atoms with Crippen LogP contribution in [0.25, 0.3) is 0 Å². The van der Waals surface area contributed by atoms with Crippen LogP contribution in [-0.4, -0.2) is 11.7 Å². The molecule has 2 atom stereocenters. The molecule has 0 aromatic rings. The van der Waals surface area contributed by atoms with Crippen molar-refractivity contribution >= 4 is 0 Å². The molecule has 0 bridgehead atoms. The van der Waals surface area contributed by atoms with Crippen molar-refractivity contribution in [3.05, 3.63) is 23.3 Å². The minimum absolute atomic E-state index is 0.158. The third-order valence-electron chi connectivity index (χ3n) is 4.20. The molecule has 2 nitrogen and oxygen atoms in total. The van der Waals surface area contributed by atoms with Gasteiger partial charge in [-0.25, -0.2) is 0 Å². The van der Waals surface area contributed by atoms with Crippen LogP contribution in [0, 0.1) is 11.3 Å². The molecular weight excluding hydrogens is 234 g/mol. The molecule has 1 heterocycles. The van der Waals surface area contributed by atoms with E-state index in [0.717, 1.165) is 38.5 Å². The van der Waals surface area contributed by atoms with E-state index in [-0.39, 0.29) is 5.60 Å². The van der Waals surface area contributed by atoms with E-state index >= 15 is 0 Å². The number of epoxide rings is 1. The monoisotopic (exact) mass is 261 g/mol. The fourth-order valence-electron chi connectivity index (χ4n) is 2.39. The van der Waals surface area contributed by atoms with Crippen LogP contribution in [0.2, 0.25) is 0 Å². The first kappa shape index (κ1) is 16.0. The van der Waals surface area contributed by atoms with Crippen molar-refractivity contribution < 1.29 is 4.74 Å². The van der Waals surface area contributed by atoms with Gasteiger partial charge in [-0.05, 0) is 52.4 Å². The Morgan fingerprint density at radius 1 is 1.37 bits per heavy atom. The maximum absolute atomic E-state index is 8.56. The summed E-state index contributed by atoms with van der Waals surface area (Å²) in [6.07, 6.45) is 11.0. The predicted molar refractivity (Wildman–Crippen MR) is 79.8 cm³/mol. The average Bonchev–Trinajstić information content (AvgIpc) is 3.06. The summed E-state index contributed by atoms with van der Waals surface area (Å²) in [7, 11) is 0. The Morgan fingerprint density at radius 3 is 2.63 bits per heavy atom. The quantitative estimate of drug-likeness (QED) is 0.353. The van der Waals surface area contributed by atoms with E-state index < -0.39 is 0 Å². The fraction of sp³-hybridized carbons (Fsp3) is 0.706. The third-order valence-corrected chi connectivity index (χ3v) is 4.20. The summed E-state index contributed by atoms with van der Waals surface area (Å²) < 4.78 is 5.75. The SMILES string of the molecule is CCC(=CCCC(C)=CC#N)CCC1OC1(C)CC. The number of nitrogens with zero attached hydrogens (tertiary/aromatic N) is 1. The lowest BCUT2D eigenvalue weighted by molar-refractivity contribution is 0.300. The molecule has 0 aliphatic carbocycles. The van der Waals surface area contributed by atoms with Crippen LogP contribution in [0.3, 0.4) is 0 Å². The largest absolute Gasteiger partial charge is 0.366 e. The Labute approximate surface area is 118 Å². The number of ether oxygens (including phenoxy) is 1.